The van der Waals surface area contributed by atoms with Crippen LogP contribution >= 0.6 is 27.3 Å². The first-order valence-electron chi connectivity index (χ1n) is 7.91. The Morgan fingerprint density at radius 2 is 1.17 bits per heavy atom. The van der Waals surface area contributed by atoms with Crippen LogP contribution in [0.5, 0.6) is 0 Å². The lowest BCUT2D eigenvalue weighted by Gasteiger charge is -2.11. The van der Waals surface area contributed by atoms with E-state index in [1.54, 1.807) is 0 Å². The summed E-state index contributed by atoms with van der Waals surface area (Å²) in [6.45, 7) is 0. The molecule has 1 aromatic heterocycles. The molecule has 114 valence electrons. The van der Waals surface area contributed by atoms with Crippen LogP contribution in [0.25, 0.3) is 42.1 Å². The first-order valence-corrected chi connectivity index (χ1v) is 9.52. The van der Waals surface area contributed by atoms with Crippen molar-refractivity contribution in [2.45, 2.75) is 0 Å². The summed E-state index contributed by atoms with van der Waals surface area (Å²) in [6.07, 6.45) is 0. The molecule has 0 nitrogen and oxygen atoms in total. The number of hydrogen-bond acceptors (Lipinski definition) is 1. The number of rotatable bonds is 1. The van der Waals surface area contributed by atoms with Gasteiger partial charge < -0.3 is 0 Å². The van der Waals surface area contributed by atoms with Gasteiger partial charge in [0.05, 0.1) is 4.88 Å². The average Bonchev–Trinajstić information content (AvgIpc) is 2.96. The minimum atomic E-state index is 1.20. The second kappa shape index (κ2) is 5.44. The second-order valence-electron chi connectivity index (χ2n) is 5.94. The molecule has 0 spiro atoms. The summed E-state index contributed by atoms with van der Waals surface area (Å²) >= 11 is 5.73. The topological polar surface area (TPSA) is 0 Å². The Bertz CT molecular complexity index is 1160. The van der Waals surface area contributed by atoms with Crippen LogP contribution < -0.4 is 0 Å². The number of benzene rings is 4. The predicted molar refractivity (Wildman–Crippen MR) is 110 cm³/mol. The van der Waals surface area contributed by atoms with E-state index in [0.717, 1.165) is 0 Å². The Morgan fingerprint density at radius 3 is 1.79 bits per heavy atom. The summed E-state index contributed by atoms with van der Waals surface area (Å²) < 4.78 is 2.51. The van der Waals surface area contributed by atoms with Crippen molar-refractivity contribution < 1.29 is 0 Å². The van der Waals surface area contributed by atoms with E-state index < -0.39 is 0 Å². The Kier molecular flexibility index (Phi) is 3.22. The summed E-state index contributed by atoms with van der Waals surface area (Å²) in [5, 5.41) is 6.48. The zero-order valence-electron chi connectivity index (χ0n) is 12.8. The van der Waals surface area contributed by atoms with E-state index in [1.165, 1.54) is 46.5 Å². The van der Waals surface area contributed by atoms with Crippen molar-refractivity contribution in [3.8, 4) is 10.4 Å². The fraction of sp³-hybridized carbons (Fsp3) is 0. The summed E-state index contributed by atoms with van der Waals surface area (Å²) in [7, 11) is 0. The Morgan fingerprint density at radius 1 is 0.625 bits per heavy atom. The molecule has 5 aromatic rings. The quantitative estimate of drug-likeness (QED) is 0.259. The molecule has 0 saturated carbocycles. The van der Waals surface area contributed by atoms with Crippen LogP contribution in [-0.2, 0) is 0 Å². The lowest BCUT2D eigenvalue weighted by atomic mass is 9.96. The van der Waals surface area contributed by atoms with Gasteiger partial charge in [-0.05, 0) is 49.6 Å². The van der Waals surface area contributed by atoms with E-state index in [1.807, 2.05) is 11.3 Å². The van der Waals surface area contributed by atoms with E-state index in [-0.39, 0.29) is 0 Å². The monoisotopic (exact) mass is 388 g/mol. The Labute approximate surface area is 152 Å². The van der Waals surface area contributed by atoms with E-state index in [0.29, 0.717) is 0 Å². The first kappa shape index (κ1) is 14.2. The van der Waals surface area contributed by atoms with Gasteiger partial charge in [-0.15, -0.1) is 11.3 Å². The molecule has 0 atom stereocenters. The Hall–Kier alpha value is -2.16. The highest BCUT2D eigenvalue weighted by atomic mass is 79.9. The molecule has 0 aliphatic carbocycles. The summed E-state index contributed by atoms with van der Waals surface area (Å²) in [5.41, 5.74) is 1.33. The van der Waals surface area contributed by atoms with Gasteiger partial charge in [0.1, 0.15) is 0 Å². The fourth-order valence-corrected chi connectivity index (χ4v) is 5.52. The molecule has 0 unspecified atom stereocenters. The highest BCUT2D eigenvalue weighted by Crippen LogP contribution is 2.47. The molecular formula is C22H13BrS. The molecule has 0 amide bonds. The lowest BCUT2D eigenvalue weighted by molar-refractivity contribution is 1.75. The molecule has 2 heteroatoms. The maximum atomic E-state index is 3.87. The number of thiophene rings is 1. The van der Waals surface area contributed by atoms with Crippen molar-refractivity contribution >= 4 is 58.9 Å². The van der Waals surface area contributed by atoms with Crippen molar-refractivity contribution in [2.75, 3.05) is 0 Å². The van der Waals surface area contributed by atoms with Crippen molar-refractivity contribution in [3.63, 3.8) is 0 Å². The predicted octanol–water partition coefficient (Wildman–Crippen LogP) is 7.64. The van der Waals surface area contributed by atoms with Gasteiger partial charge in [-0.3, -0.25) is 0 Å². The zero-order valence-corrected chi connectivity index (χ0v) is 15.2. The number of hydrogen-bond donors (Lipinski definition) is 0. The third kappa shape index (κ3) is 2.03. The standard InChI is InChI=1S/C22H13BrS/c23-21-18-11-5-6-12-19(18)24-22(21)20-16-9-3-1-7-14(16)13-15-8-2-4-10-17(15)20/h1-13H. The van der Waals surface area contributed by atoms with Crippen LogP contribution in [0.4, 0.5) is 0 Å². The largest absolute Gasteiger partial charge is 0.134 e. The first-order chi connectivity index (χ1) is 11.8. The van der Waals surface area contributed by atoms with Gasteiger partial charge in [0, 0.05) is 20.1 Å². The molecular weight excluding hydrogens is 376 g/mol. The molecule has 4 aromatic carbocycles. The van der Waals surface area contributed by atoms with Crippen LogP contribution in [0, 0.1) is 0 Å². The molecule has 0 aliphatic rings. The molecule has 0 fully saturated rings. The molecule has 5 rings (SSSR count). The van der Waals surface area contributed by atoms with Gasteiger partial charge in [0.15, 0.2) is 0 Å². The van der Waals surface area contributed by atoms with E-state index in [9.17, 15) is 0 Å². The second-order valence-corrected chi connectivity index (χ2v) is 7.78. The van der Waals surface area contributed by atoms with Crippen molar-refractivity contribution in [3.05, 3.63) is 83.3 Å². The fourth-order valence-electron chi connectivity index (χ4n) is 3.43. The van der Waals surface area contributed by atoms with Crippen LogP contribution in [0.15, 0.2) is 83.3 Å². The van der Waals surface area contributed by atoms with E-state index in [2.05, 4.69) is 94.8 Å². The third-order valence-electron chi connectivity index (χ3n) is 4.53. The van der Waals surface area contributed by atoms with Gasteiger partial charge >= 0.3 is 0 Å². The molecule has 0 N–H and O–H groups in total. The van der Waals surface area contributed by atoms with Gasteiger partial charge in [-0.2, -0.15) is 0 Å². The van der Waals surface area contributed by atoms with Crippen molar-refractivity contribution in [1.82, 2.24) is 0 Å². The van der Waals surface area contributed by atoms with Crippen LogP contribution in [0.1, 0.15) is 0 Å². The van der Waals surface area contributed by atoms with E-state index in [4.69, 9.17) is 0 Å². The van der Waals surface area contributed by atoms with Crippen LogP contribution in [0.2, 0.25) is 0 Å². The molecule has 0 radical (unpaired) electrons. The molecule has 24 heavy (non-hydrogen) atoms. The van der Waals surface area contributed by atoms with E-state index >= 15 is 0 Å². The maximum absolute atomic E-state index is 3.87. The summed E-state index contributed by atoms with van der Waals surface area (Å²) in [5.74, 6) is 0. The van der Waals surface area contributed by atoms with Gasteiger partial charge in [0.25, 0.3) is 0 Å². The summed E-state index contributed by atoms with van der Waals surface area (Å²) in [6, 6.07) is 28.2. The Balaban J connectivity index is 2.01. The normalized spacial score (nSPS) is 11.5. The number of fused-ring (bicyclic) bond motifs is 3. The lowest BCUT2D eigenvalue weighted by Crippen LogP contribution is -1.83. The smallest absolute Gasteiger partial charge is 0.0510 e. The molecule has 1 heterocycles. The zero-order chi connectivity index (χ0) is 16.1. The highest BCUT2D eigenvalue weighted by Gasteiger charge is 2.16. The van der Waals surface area contributed by atoms with Gasteiger partial charge in [-0.1, -0.05) is 66.7 Å². The van der Waals surface area contributed by atoms with Crippen LogP contribution in [0.3, 0.4) is 0 Å². The highest BCUT2D eigenvalue weighted by molar-refractivity contribution is 9.10. The SMILES string of the molecule is Brc1c(-c2c3ccccc3cc3ccccc23)sc2ccccc12. The molecule has 0 bridgehead atoms. The van der Waals surface area contributed by atoms with Gasteiger partial charge in [-0.25, -0.2) is 0 Å². The van der Waals surface area contributed by atoms with Gasteiger partial charge in [0.2, 0.25) is 0 Å². The summed E-state index contributed by atoms with van der Waals surface area (Å²) in [4.78, 5) is 1.31. The average molecular weight is 389 g/mol. The minimum absolute atomic E-state index is 1.20. The molecule has 0 saturated heterocycles. The van der Waals surface area contributed by atoms with Crippen molar-refractivity contribution in [1.29, 1.82) is 0 Å². The maximum Gasteiger partial charge on any atom is 0.0510 e. The van der Waals surface area contributed by atoms with Crippen molar-refractivity contribution in [2.24, 2.45) is 0 Å². The minimum Gasteiger partial charge on any atom is -0.134 e. The molecule has 0 aliphatic heterocycles. The number of halogens is 1. The van der Waals surface area contributed by atoms with Crippen LogP contribution in [-0.4, -0.2) is 0 Å². The third-order valence-corrected chi connectivity index (χ3v) is 6.81.